The second-order valence-corrected chi connectivity index (χ2v) is 9.61. The average Bonchev–Trinajstić information content (AvgIpc) is 3.01. The molecule has 0 spiro atoms. The van der Waals surface area contributed by atoms with Gasteiger partial charge in [-0.25, -0.2) is 9.97 Å². The fraction of sp³-hybridized carbons (Fsp3) is 0.267. The fourth-order valence-corrected chi connectivity index (χ4v) is 4.12. The van der Waals surface area contributed by atoms with Crippen LogP contribution in [0.2, 0.25) is 0 Å². The number of halogens is 3. The molecule has 0 radical (unpaired) electrons. The molecule has 0 bridgehead atoms. The lowest BCUT2D eigenvalue weighted by Gasteiger charge is -2.08. The van der Waals surface area contributed by atoms with Crippen LogP contribution in [-0.2, 0) is 15.8 Å². The molecule has 0 fully saturated rings. The highest BCUT2D eigenvalue weighted by Crippen LogP contribution is 2.38. The molecule has 3 rings (SSSR count). The number of rotatable bonds is 8. The predicted octanol–water partition coefficient (Wildman–Crippen LogP) is 3.32. The molecule has 162 valence electrons. The van der Waals surface area contributed by atoms with Crippen LogP contribution in [0.5, 0.6) is 0 Å². The van der Waals surface area contributed by atoms with E-state index in [1.54, 1.807) is 4.57 Å². The van der Waals surface area contributed by atoms with Crippen LogP contribution in [0.1, 0.15) is 0 Å². The molecule has 9 nitrogen and oxygen atoms in total. The summed E-state index contributed by atoms with van der Waals surface area (Å²) in [5, 5.41) is 0.420. The molecule has 0 unspecified atom stereocenters. The van der Waals surface area contributed by atoms with E-state index in [9.17, 15) is 17.7 Å². The van der Waals surface area contributed by atoms with Gasteiger partial charge in [0, 0.05) is 16.3 Å². The van der Waals surface area contributed by atoms with Crippen molar-refractivity contribution in [2.24, 2.45) is 0 Å². The van der Waals surface area contributed by atoms with Gasteiger partial charge in [-0.2, -0.15) is 18.2 Å². The summed E-state index contributed by atoms with van der Waals surface area (Å²) in [4.78, 5) is 30.9. The molecule has 0 aliphatic heterocycles. The van der Waals surface area contributed by atoms with Gasteiger partial charge < -0.3 is 24.8 Å². The van der Waals surface area contributed by atoms with E-state index < -0.39 is 19.5 Å². The summed E-state index contributed by atoms with van der Waals surface area (Å²) in [7, 11) is -4.25. The number of anilines is 1. The summed E-state index contributed by atoms with van der Waals surface area (Å²) >= 11 is 0.975. The highest BCUT2D eigenvalue weighted by atomic mass is 32.2. The Kier molecular flexibility index (Phi) is 6.95. The van der Waals surface area contributed by atoms with Crippen LogP contribution in [0, 0.1) is 0 Å². The molecule has 30 heavy (non-hydrogen) atoms. The summed E-state index contributed by atoms with van der Waals surface area (Å²) in [6.45, 7) is 0.238. The highest BCUT2D eigenvalue weighted by molar-refractivity contribution is 8.00. The van der Waals surface area contributed by atoms with E-state index in [-0.39, 0.29) is 35.8 Å². The van der Waals surface area contributed by atoms with Crippen molar-refractivity contribution in [3.05, 3.63) is 30.6 Å². The Morgan fingerprint density at radius 1 is 1.17 bits per heavy atom. The minimum Gasteiger partial charge on any atom is -0.368 e. The van der Waals surface area contributed by atoms with E-state index >= 15 is 0 Å². The largest absolute Gasteiger partial charge is 0.446 e. The first-order chi connectivity index (χ1) is 14.0. The minimum absolute atomic E-state index is 0.0152. The number of nitrogen functional groups attached to an aromatic ring is 1. The molecule has 1 aromatic carbocycles. The van der Waals surface area contributed by atoms with Crippen molar-refractivity contribution in [3.8, 4) is 0 Å². The smallest absolute Gasteiger partial charge is 0.368 e. The molecule has 3 aromatic rings. The average molecular weight is 481 g/mol. The van der Waals surface area contributed by atoms with Gasteiger partial charge in [-0.3, -0.25) is 4.57 Å². The molecule has 0 saturated carbocycles. The monoisotopic (exact) mass is 481 g/mol. The lowest BCUT2D eigenvalue weighted by atomic mass is 10.4. The molecule has 0 saturated heterocycles. The van der Waals surface area contributed by atoms with Crippen LogP contribution in [0.3, 0.4) is 0 Å². The number of hydrogen-bond acceptors (Lipinski definition) is 8. The van der Waals surface area contributed by atoms with Crippen molar-refractivity contribution in [1.29, 1.82) is 0 Å². The van der Waals surface area contributed by atoms with Gasteiger partial charge in [0.15, 0.2) is 5.65 Å². The molecular formula is C15H15F3N5O4PS2. The quantitative estimate of drug-likeness (QED) is 0.190. The van der Waals surface area contributed by atoms with Crippen LogP contribution in [0.15, 0.2) is 45.4 Å². The first-order valence-electron chi connectivity index (χ1n) is 8.14. The zero-order chi connectivity index (χ0) is 21.9. The SMILES string of the molecule is Nc1nc(Sc2ccc(SC(F)(F)F)cc2)c2ncn(CCOCP(=O)(O)O)c2n1. The van der Waals surface area contributed by atoms with Crippen LogP contribution >= 0.6 is 31.1 Å². The zero-order valence-electron chi connectivity index (χ0n) is 15.0. The molecule has 2 heterocycles. The molecule has 0 atom stereocenters. The Bertz CT molecular complexity index is 1070. The van der Waals surface area contributed by atoms with Gasteiger partial charge >= 0.3 is 13.1 Å². The van der Waals surface area contributed by atoms with Crippen LogP contribution in [0.4, 0.5) is 19.1 Å². The number of benzene rings is 1. The third-order valence-corrected chi connectivity index (χ3v) is 5.70. The summed E-state index contributed by atoms with van der Waals surface area (Å²) in [5.74, 6) is -0.0212. The van der Waals surface area contributed by atoms with E-state index in [1.165, 1.54) is 42.4 Å². The Balaban J connectivity index is 1.75. The predicted molar refractivity (Wildman–Crippen MR) is 105 cm³/mol. The third-order valence-electron chi connectivity index (χ3n) is 3.46. The van der Waals surface area contributed by atoms with E-state index in [1.807, 2.05) is 0 Å². The fourth-order valence-electron chi connectivity index (χ4n) is 2.34. The first-order valence-corrected chi connectivity index (χ1v) is 11.6. The number of nitrogens with zero attached hydrogens (tertiary/aromatic N) is 4. The summed E-state index contributed by atoms with van der Waals surface area (Å²) in [6, 6.07) is 5.80. The molecule has 0 aliphatic carbocycles. The first kappa shape index (κ1) is 22.8. The Labute approximate surface area is 176 Å². The Hall–Kier alpha value is -1.83. The van der Waals surface area contributed by atoms with Gasteiger partial charge in [0.1, 0.15) is 16.9 Å². The zero-order valence-corrected chi connectivity index (χ0v) is 17.5. The van der Waals surface area contributed by atoms with Gasteiger partial charge in [-0.15, -0.1) is 0 Å². The van der Waals surface area contributed by atoms with Gasteiger partial charge in [0.05, 0.1) is 12.9 Å². The summed E-state index contributed by atoms with van der Waals surface area (Å²) in [6.07, 6.45) is 0.771. The van der Waals surface area contributed by atoms with Gasteiger partial charge in [0.2, 0.25) is 5.95 Å². The minimum atomic E-state index is -4.36. The number of imidazole rings is 1. The number of aromatic nitrogens is 4. The lowest BCUT2D eigenvalue weighted by Crippen LogP contribution is -2.07. The van der Waals surface area contributed by atoms with E-state index in [4.69, 9.17) is 20.3 Å². The molecule has 0 amide bonds. The number of thioether (sulfide) groups is 1. The number of alkyl halides is 3. The maximum Gasteiger partial charge on any atom is 0.446 e. The van der Waals surface area contributed by atoms with Crippen molar-refractivity contribution in [3.63, 3.8) is 0 Å². The Morgan fingerprint density at radius 2 is 1.83 bits per heavy atom. The van der Waals surface area contributed by atoms with Crippen LogP contribution in [-0.4, -0.2) is 47.8 Å². The maximum absolute atomic E-state index is 12.4. The molecule has 0 aliphatic rings. The molecule has 4 N–H and O–H groups in total. The molecule has 2 aromatic heterocycles. The van der Waals surface area contributed by atoms with Crippen molar-refractivity contribution in [2.45, 2.75) is 26.9 Å². The van der Waals surface area contributed by atoms with Gasteiger partial charge in [0.25, 0.3) is 0 Å². The van der Waals surface area contributed by atoms with Crippen molar-refractivity contribution >= 4 is 48.2 Å². The van der Waals surface area contributed by atoms with Crippen molar-refractivity contribution in [1.82, 2.24) is 19.5 Å². The number of nitrogens with two attached hydrogens (primary N) is 1. The van der Waals surface area contributed by atoms with Gasteiger partial charge in [-0.1, -0.05) is 11.8 Å². The lowest BCUT2D eigenvalue weighted by molar-refractivity contribution is -0.0328. The number of ether oxygens (including phenoxy) is 1. The second kappa shape index (κ2) is 9.12. The maximum atomic E-state index is 12.4. The molecule has 15 heteroatoms. The van der Waals surface area contributed by atoms with E-state index in [0.717, 1.165) is 0 Å². The summed E-state index contributed by atoms with van der Waals surface area (Å²) < 4.78 is 54.7. The topological polar surface area (TPSA) is 136 Å². The Morgan fingerprint density at radius 3 is 2.47 bits per heavy atom. The number of hydrogen-bond donors (Lipinski definition) is 3. The van der Waals surface area contributed by atoms with E-state index in [2.05, 4.69) is 15.0 Å². The standard InChI is InChI=1S/C15H15F3N5O4PS2/c16-15(17,18)30-10-3-1-9(2-4-10)29-13-11-12(21-14(19)22-13)23(7-20-11)5-6-27-8-28(24,25)26/h1-4,7H,5-6,8H2,(H2,19,21,22)(H2,24,25,26). The van der Waals surface area contributed by atoms with Crippen molar-refractivity contribution < 1.29 is 32.3 Å². The highest BCUT2D eigenvalue weighted by Gasteiger charge is 2.29. The summed E-state index contributed by atoms with van der Waals surface area (Å²) in [5.41, 5.74) is 2.24. The third kappa shape index (κ3) is 6.59. The second-order valence-electron chi connectivity index (χ2n) is 5.82. The van der Waals surface area contributed by atoms with Gasteiger partial charge in [-0.05, 0) is 36.0 Å². The van der Waals surface area contributed by atoms with E-state index in [0.29, 0.717) is 21.1 Å². The number of fused-ring (bicyclic) bond motifs is 1. The normalized spacial score (nSPS) is 12.6. The van der Waals surface area contributed by atoms with Crippen LogP contribution in [0.25, 0.3) is 11.2 Å². The molecular weight excluding hydrogens is 466 g/mol. The van der Waals surface area contributed by atoms with Crippen LogP contribution < -0.4 is 5.73 Å². The van der Waals surface area contributed by atoms with Crippen molar-refractivity contribution in [2.75, 3.05) is 18.7 Å².